The molecule has 3 heterocycles. The lowest BCUT2D eigenvalue weighted by Crippen LogP contribution is -2.38. The van der Waals surface area contributed by atoms with E-state index >= 15 is 0 Å². The van der Waals surface area contributed by atoms with Gasteiger partial charge in [0.15, 0.2) is 0 Å². The molecular formula is C23H26N4O2. The number of benzene rings is 1. The van der Waals surface area contributed by atoms with Gasteiger partial charge in [0.05, 0.1) is 18.9 Å². The number of aromatic nitrogens is 3. The van der Waals surface area contributed by atoms with Gasteiger partial charge < -0.3 is 9.64 Å². The molecule has 1 saturated heterocycles. The molecule has 0 radical (unpaired) electrons. The molecule has 1 aliphatic rings. The number of nitrogens with zero attached hydrogens (tertiary/aromatic N) is 3. The van der Waals surface area contributed by atoms with E-state index in [0.717, 1.165) is 54.3 Å². The number of likely N-dealkylation sites (tertiary alicyclic amines) is 1. The van der Waals surface area contributed by atoms with Gasteiger partial charge in [-0.3, -0.25) is 14.9 Å². The second kappa shape index (κ2) is 8.07. The molecule has 3 aromatic rings. The van der Waals surface area contributed by atoms with E-state index in [1.165, 1.54) is 5.56 Å². The molecule has 1 amide bonds. The summed E-state index contributed by atoms with van der Waals surface area (Å²) in [5, 5.41) is 6.81. The van der Waals surface area contributed by atoms with Crippen molar-refractivity contribution in [1.82, 2.24) is 20.1 Å². The monoisotopic (exact) mass is 390 g/mol. The van der Waals surface area contributed by atoms with Gasteiger partial charge in [-0.2, -0.15) is 5.10 Å². The fourth-order valence-corrected chi connectivity index (χ4v) is 3.97. The largest absolute Gasteiger partial charge is 0.497 e. The van der Waals surface area contributed by atoms with Crippen LogP contribution in [0.15, 0.2) is 42.6 Å². The quantitative estimate of drug-likeness (QED) is 0.727. The summed E-state index contributed by atoms with van der Waals surface area (Å²) in [5.41, 5.74) is 5.94. The number of carbonyl (C=O) groups is 1. The van der Waals surface area contributed by atoms with Gasteiger partial charge in [-0.1, -0.05) is 12.1 Å². The summed E-state index contributed by atoms with van der Waals surface area (Å²) in [4.78, 5) is 19.4. The Labute approximate surface area is 170 Å². The number of pyridine rings is 1. The highest BCUT2D eigenvalue weighted by atomic mass is 16.5. The maximum absolute atomic E-state index is 12.7. The van der Waals surface area contributed by atoms with Gasteiger partial charge in [0.25, 0.3) is 5.91 Å². The first kappa shape index (κ1) is 19.2. The molecule has 0 spiro atoms. The Hall–Kier alpha value is -3.15. The second-order valence-corrected chi connectivity index (χ2v) is 7.63. The van der Waals surface area contributed by atoms with Gasteiger partial charge in [0, 0.05) is 36.1 Å². The van der Waals surface area contributed by atoms with Gasteiger partial charge in [0.1, 0.15) is 5.75 Å². The Bertz CT molecular complexity index is 1000. The molecule has 1 fully saturated rings. The topological polar surface area (TPSA) is 71.1 Å². The van der Waals surface area contributed by atoms with Crippen LogP contribution in [0.25, 0.3) is 11.1 Å². The SMILES string of the molecule is COc1ccc(-c2cc(C)nc(C3CCN(C(=O)c4cn[nH]c4C)CC3)c2)cc1. The number of amides is 1. The summed E-state index contributed by atoms with van der Waals surface area (Å²) in [6.07, 6.45) is 3.45. The Kier molecular flexibility index (Phi) is 5.34. The molecule has 0 aliphatic carbocycles. The first-order valence-corrected chi connectivity index (χ1v) is 9.97. The molecule has 6 heteroatoms. The Morgan fingerprint density at radius 3 is 2.45 bits per heavy atom. The molecule has 150 valence electrons. The van der Waals surface area contributed by atoms with Crippen molar-refractivity contribution in [3.05, 3.63) is 65.2 Å². The van der Waals surface area contributed by atoms with Crippen LogP contribution in [0.5, 0.6) is 5.75 Å². The number of hydrogen-bond donors (Lipinski definition) is 1. The molecule has 29 heavy (non-hydrogen) atoms. The number of H-pyrrole nitrogens is 1. The smallest absolute Gasteiger partial charge is 0.257 e. The van der Waals surface area contributed by atoms with E-state index in [2.05, 4.69) is 34.5 Å². The summed E-state index contributed by atoms with van der Waals surface area (Å²) < 4.78 is 5.26. The van der Waals surface area contributed by atoms with Crippen molar-refractivity contribution >= 4 is 5.91 Å². The zero-order valence-electron chi connectivity index (χ0n) is 17.1. The number of rotatable bonds is 4. The van der Waals surface area contributed by atoms with Gasteiger partial charge in [-0.05, 0) is 62.1 Å². The summed E-state index contributed by atoms with van der Waals surface area (Å²) >= 11 is 0. The molecule has 1 aromatic carbocycles. The molecule has 0 unspecified atom stereocenters. The molecule has 0 atom stereocenters. The molecule has 2 aromatic heterocycles. The maximum Gasteiger partial charge on any atom is 0.257 e. The normalized spacial score (nSPS) is 14.8. The van der Waals surface area contributed by atoms with E-state index in [4.69, 9.17) is 9.72 Å². The van der Waals surface area contributed by atoms with Crippen molar-refractivity contribution in [1.29, 1.82) is 0 Å². The van der Waals surface area contributed by atoms with Crippen LogP contribution in [-0.4, -0.2) is 46.2 Å². The zero-order chi connectivity index (χ0) is 20.4. The minimum atomic E-state index is 0.0609. The number of aryl methyl sites for hydroxylation is 2. The predicted octanol–water partition coefficient (Wildman–Crippen LogP) is 4.12. The number of aromatic amines is 1. The lowest BCUT2D eigenvalue weighted by atomic mass is 9.91. The number of nitrogens with one attached hydrogen (secondary N) is 1. The Morgan fingerprint density at radius 2 is 1.83 bits per heavy atom. The van der Waals surface area contributed by atoms with Gasteiger partial charge in [-0.15, -0.1) is 0 Å². The average molecular weight is 390 g/mol. The van der Waals surface area contributed by atoms with Crippen LogP contribution in [0.1, 0.15) is 46.2 Å². The van der Waals surface area contributed by atoms with E-state index in [1.54, 1.807) is 13.3 Å². The number of piperidine rings is 1. The van der Waals surface area contributed by atoms with Crippen molar-refractivity contribution < 1.29 is 9.53 Å². The van der Waals surface area contributed by atoms with E-state index in [-0.39, 0.29) is 5.91 Å². The number of hydrogen-bond acceptors (Lipinski definition) is 4. The summed E-state index contributed by atoms with van der Waals surface area (Å²) in [6.45, 7) is 5.39. The first-order chi connectivity index (χ1) is 14.0. The third kappa shape index (κ3) is 4.01. The number of methoxy groups -OCH3 is 1. The van der Waals surface area contributed by atoms with Gasteiger partial charge in [0.2, 0.25) is 0 Å². The zero-order valence-corrected chi connectivity index (χ0v) is 17.1. The standard InChI is InChI=1S/C23H26N4O2/c1-15-12-19(17-4-6-20(29-3)7-5-17)13-22(25-15)18-8-10-27(11-9-18)23(28)21-14-24-26-16(21)2/h4-7,12-14,18H,8-11H2,1-3H3,(H,24,26). The van der Waals surface area contributed by atoms with Crippen LogP contribution in [0, 0.1) is 13.8 Å². The minimum absolute atomic E-state index is 0.0609. The Morgan fingerprint density at radius 1 is 1.10 bits per heavy atom. The van der Waals surface area contributed by atoms with Crippen molar-refractivity contribution in [2.45, 2.75) is 32.6 Å². The molecule has 0 bridgehead atoms. The van der Waals surface area contributed by atoms with Crippen LogP contribution in [0.2, 0.25) is 0 Å². The Balaban J connectivity index is 1.49. The summed E-state index contributed by atoms with van der Waals surface area (Å²) in [5.74, 6) is 1.27. The molecule has 4 rings (SSSR count). The van der Waals surface area contributed by atoms with Crippen molar-refractivity contribution in [3.8, 4) is 16.9 Å². The fraction of sp³-hybridized carbons (Fsp3) is 0.348. The molecule has 1 N–H and O–H groups in total. The molecule has 1 aliphatic heterocycles. The van der Waals surface area contributed by atoms with Crippen LogP contribution in [0.4, 0.5) is 0 Å². The molecular weight excluding hydrogens is 364 g/mol. The highest BCUT2D eigenvalue weighted by Crippen LogP contribution is 2.31. The van der Waals surface area contributed by atoms with Crippen molar-refractivity contribution in [3.63, 3.8) is 0 Å². The maximum atomic E-state index is 12.7. The summed E-state index contributed by atoms with van der Waals surface area (Å²) in [6, 6.07) is 12.4. The fourth-order valence-electron chi connectivity index (χ4n) is 3.97. The van der Waals surface area contributed by atoms with Crippen LogP contribution >= 0.6 is 0 Å². The summed E-state index contributed by atoms with van der Waals surface area (Å²) in [7, 11) is 1.68. The lowest BCUT2D eigenvalue weighted by molar-refractivity contribution is 0.0711. The van der Waals surface area contributed by atoms with E-state index in [0.29, 0.717) is 11.5 Å². The average Bonchev–Trinajstić information content (AvgIpc) is 3.19. The van der Waals surface area contributed by atoms with Gasteiger partial charge in [-0.25, -0.2) is 0 Å². The second-order valence-electron chi connectivity index (χ2n) is 7.63. The van der Waals surface area contributed by atoms with E-state index in [1.807, 2.05) is 30.9 Å². The molecule has 6 nitrogen and oxygen atoms in total. The first-order valence-electron chi connectivity index (χ1n) is 9.97. The van der Waals surface area contributed by atoms with E-state index < -0.39 is 0 Å². The van der Waals surface area contributed by atoms with Crippen LogP contribution < -0.4 is 4.74 Å². The third-order valence-corrected chi connectivity index (χ3v) is 5.66. The van der Waals surface area contributed by atoms with Gasteiger partial charge >= 0.3 is 0 Å². The highest BCUT2D eigenvalue weighted by molar-refractivity contribution is 5.95. The number of ether oxygens (including phenoxy) is 1. The van der Waals surface area contributed by atoms with Crippen molar-refractivity contribution in [2.24, 2.45) is 0 Å². The minimum Gasteiger partial charge on any atom is -0.497 e. The van der Waals surface area contributed by atoms with E-state index in [9.17, 15) is 4.79 Å². The van der Waals surface area contributed by atoms with Crippen molar-refractivity contribution in [2.75, 3.05) is 20.2 Å². The highest BCUT2D eigenvalue weighted by Gasteiger charge is 2.27. The van der Waals surface area contributed by atoms with Crippen LogP contribution in [-0.2, 0) is 0 Å². The number of carbonyl (C=O) groups excluding carboxylic acids is 1. The lowest BCUT2D eigenvalue weighted by Gasteiger charge is -2.32. The van der Waals surface area contributed by atoms with Crippen LogP contribution in [0.3, 0.4) is 0 Å². The molecule has 0 saturated carbocycles. The predicted molar refractivity (Wildman–Crippen MR) is 112 cm³/mol. The third-order valence-electron chi connectivity index (χ3n) is 5.66.